The summed E-state index contributed by atoms with van der Waals surface area (Å²) >= 11 is 0. The van der Waals surface area contributed by atoms with Gasteiger partial charge >= 0.3 is 0 Å². The van der Waals surface area contributed by atoms with Crippen molar-refractivity contribution in [2.24, 2.45) is 0 Å². The summed E-state index contributed by atoms with van der Waals surface area (Å²) in [6.07, 6.45) is 29.3. The quantitative estimate of drug-likeness (QED) is 0.0914. The van der Waals surface area contributed by atoms with Crippen LogP contribution in [-0.4, -0.2) is 22.8 Å². The Morgan fingerprint density at radius 1 is 0.667 bits per heavy atom. The first-order valence-electron chi connectivity index (χ1n) is 14.6. The van der Waals surface area contributed by atoms with Gasteiger partial charge in [-0.1, -0.05) is 135 Å². The normalized spacial score (nSPS) is 15.6. The molecule has 0 bridgehead atoms. The molecule has 3 heteroatoms. The van der Waals surface area contributed by atoms with Crippen LogP contribution in [0.15, 0.2) is 11.6 Å². The lowest BCUT2D eigenvalue weighted by atomic mass is 9.98. The highest BCUT2D eigenvalue weighted by atomic mass is 16.2. The van der Waals surface area contributed by atoms with Crippen LogP contribution in [0.4, 0.5) is 0 Å². The molecule has 1 heterocycles. The van der Waals surface area contributed by atoms with Crippen LogP contribution in [-0.2, 0) is 9.59 Å². The van der Waals surface area contributed by atoms with Crippen molar-refractivity contribution in [2.45, 2.75) is 168 Å². The minimum absolute atomic E-state index is 0.00427. The zero-order valence-corrected chi connectivity index (χ0v) is 22.5. The number of carbonyl (C=O) groups excluding carboxylic acids is 2. The molecule has 0 radical (unpaired) electrons. The number of allylic oxidation sites excluding steroid dienone is 1. The van der Waals surface area contributed by atoms with Crippen LogP contribution in [0.25, 0.3) is 0 Å². The monoisotopic (exact) mass is 461 g/mol. The van der Waals surface area contributed by atoms with Crippen LogP contribution in [0.5, 0.6) is 0 Å². The van der Waals surface area contributed by atoms with Gasteiger partial charge in [-0.25, -0.2) is 0 Å². The average molecular weight is 462 g/mol. The number of hydrogen-bond donors (Lipinski definition) is 0. The third kappa shape index (κ3) is 14.0. The van der Waals surface area contributed by atoms with Gasteiger partial charge in [-0.05, 0) is 26.2 Å². The largest absolute Gasteiger partial charge is 0.275 e. The molecule has 1 fully saturated rings. The van der Waals surface area contributed by atoms with E-state index in [2.05, 4.69) is 26.8 Å². The molecule has 192 valence electrons. The average Bonchev–Trinajstić information content (AvgIpc) is 3.14. The Labute approximate surface area is 206 Å². The van der Waals surface area contributed by atoms with Crippen molar-refractivity contribution in [3.05, 3.63) is 11.6 Å². The number of likely N-dealkylation sites (tertiary alicyclic amines) is 1. The summed E-state index contributed by atoms with van der Waals surface area (Å²) in [7, 11) is 0. The lowest BCUT2D eigenvalue weighted by molar-refractivity contribution is -0.140. The Bertz CT molecular complexity index is 523. The fourth-order valence-corrected chi connectivity index (χ4v) is 5.07. The van der Waals surface area contributed by atoms with Crippen LogP contribution < -0.4 is 0 Å². The second-order valence-electron chi connectivity index (χ2n) is 10.4. The van der Waals surface area contributed by atoms with Gasteiger partial charge in [0.2, 0.25) is 11.8 Å². The summed E-state index contributed by atoms with van der Waals surface area (Å²) in [6, 6.07) is -0.00427. The predicted octanol–water partition coefficient (Wildman–Crippen LogP) is 9.29. The minimum atomic E-state index is -0.00427. The first kappa shape index (κ1) is 29.9. The molecule has 0 aromatic carbocycles. The molecule has 33 heavy (non-hydrogen) atoms. The molecule has 3 nitrogen and oxygen atoms in total. The molecule has 2 amide bonds. The molecule has 0 saturated carbocycles. The second kappa shape index (κ2) is 20.3. The maximum Gasteiger partial charge on any atom is 0.230 e. The molecule has 1 aliphatic rings. The van der Waals surface area contributed by atoms with Gasteiger partial charge in [-0.15, -0.1) is 0 Å². The lowest BCUT2D eigenvalue weighted by Crippen LogP contribution is -2.40. The summed E-state index contributed by atoms with van der Waals surface area (Å²) in [5, 5.41) is 0. The zero-order valence-electron chi connectivity index (χ0n) is 22.5. The smallest absolute Gasteiger partial charge is 0.230 e. The summed E-state index contributed by atoms with van der Waals surface area (Å²) in [5.74, 6) is 0.0578. The molecule has 1 atom stereocenters. The molecule has 1 rings (SSSR count). The topological polar surface area (TPSA) is 37.4 Å². The molecular formula is C30H55NO2. The van der Waals surface area contributed by atoms with Gasteiger partial charge in [0.05, 0.1) is 6.04 Å². The summed E-state index contributed by atoms with van der Waals surface area (Å²) in [6.45, 7) is 6.61. The minimum Gasteiger partial charge on any atom is -0.275 e. The van der Waals surface area contributed by atoms with Crippen molar-refractivity contribution in [3.8, 4) is 0 Å². The van der Waals surface area contributed by atoms with E-state index in [1.165, 1.54) is 108 Å². The molecule has 0 spiro atoms. The van der Waals surface area contributed by atoms with Crippen molar-refractivity contribution in [2.75, 3.05) is 0 Å². The van der Waals surface area contributed by atoms with E-state index in [0.29, 0.717) is 12.8 Å². The Hall–Kier alpha value is -1.12. The first-order valence-corrected chi connectivity index (χ1v) is 14.6. The van der Waals surface area contributed by atoms with E-state index in [1.807, 2.05) is 0 Å². The third-order valence-corrected chi connectivity index (χ3v) is 7.28. The van der Waals surface area contributed by atoms with Gasteiger partial charge in [0.25, 0.3) is 0 Å². The fourth-order valence-electron chi connectivity index (χ4n) is 5.07. The summed E-state index contributed by atoms with van der Waals surface area (Å²) in [4.78, 5) is 26.1. The fraction of sp³-hybridized carbons (Fsp3) is 0.867. The van der Waals surface area contributed by atoms with Crippen molar-refractivity contribution in [1.82, 2.24) is 4.90 Å². The second-order valence-corrected chi connectivity index (χ2v) is 10.4. The van der Waals surface area contributed by atoms with Crippen molar-refractivity contribution in [1.29, 1.82) is 0 Å². The molecular weight excluding hydrogens is 406 g/mol. The first-order chi connectivity index (χ1) is 16.1. The van der Waals surface area contributed by atoms with Crippen molar-refractivity contribution < 1.29 is 9.59 Å². The maximum absolute atomic E-state index is 12.3. The summed E-state index contributed by atoms with van der Waals surface area (Å²) < 4.78 is 0. The van der Waals surface area contributed by atoms with E-state index in [0.717, 1.165) is 25.7 Å². The Morgan fingerprint density at radius 3 is 1.52 bits per heavy atom. The Balaban J connectivity index is 2.10. The number of unbranched alkanes of at least 4 members (excludes halogenated alkanes) is 17. The van der Waals surface area contributed by atoms with E-state index >= 15 is 0 Å². The standard InChI is InChI=1S/C30H55NO2/c1-4-6-8-9-10-11-12-13-14-15-16-17-18-19-20-22-23-27(3)28(24-21-7-5-2)31-29(32)25-26-30(31)33/h23,28H,4-22,24-26H2,1-3H3/b27-23+. The number of imide groups is 1. The van der Waals surface area contributed by atoms with Crippen LogP contribution in [0, 0.1) is 0 Å². The zero-order chi connectivity index (χ0) is 24.2. The highest BCUT2D eigenvalue weighted by Crippen LogP contribution is 2.25. The van der Waals surface area contributed by atoms with Crippen LogP contribution >= 0.6 is 0 Å². The van der Waals surface area contributed by atoms with Gasteiger partial charge in [0, 0.05) is 12.8 Å². The highest BCUT2D eigenvalue weighted by molar-refractivity contribution is 6.02. The van der Waals surface area contributed by atoms with Gasteiger partial charge in [0.1, 0.15) is 0 Å². The highest BCUT2D eigenvalue weighted by Gasteiger charge is 2.35. The summed E-state index contributed by atoms with van der Waals surface area (Å²) in [5.41, 5.74) is 1.22. The molecule has 0 aromatic heterocycles. The van der Waals surface area contributed by atoms with Crippen LogP contribution in [0.2, 0.25) is 0 Å². The Morgan fingerprint density at radius 2 is 1.06 bits per heavy atom. The number of rotatable bonds is 22. The number of carbonyl (C=O) groups is 2. The predicted molar refractivity (Wildman–Crippen MR) is 142 cm³/mol. The maximum atomic E-state index is 12.3. The number of amides is 2. The van der Waals surface area contributed by atoms with E-state index in [4.69, 9.17) is 0 Å². The lowest BCUT2D eigenvalue weighted by Gasteiger charge is -2.27. The molecule has 0 aliphatic carbocycles. The Kier molecular flexibility index (Phi) is 18.4. The van der Waals surface area contributed by atoms with Crippen molar-refractivity contribution >= 4 is 11.8 Å². The third-order valence-electron chi connectivity index (χ3n) is 7.28. The van der Waals surface area contributed by atoms with Gasteiger partial charge in [-0.2, -0.15) is 0 Å². The van der Waals surface area contributed by atoms with Crippen LogP contribution in [0.1, 0.15) is 162 Å². The molecule has 0 N–H and O–H groups in total. The molecule has 1 saturated heterocycles. The van der Waals surface area contributed by atoms with E-state index in [1.54, 1.807) is 4.90 Å². The van der Waals surface area contributed by atoms with Gasteiger partial charge < -0.3 is 0 Å². The van der Waals surface area contributed by atoms with Crippen molar-refractivity contribution in [3.63, 3.8) is 0 Å². The molecule has 1 aliphatic heterocycles. The number of nitrogens with zero attached hydrogens (tertiary/aromatic N) is 1. The SMILES string of the molecule is CCCCCCCCCCCCCCCCC/C=C(\C)C(CCCCC)N1C(=O)CCC1=O. The van der Waals surface area contributed by atoms with E-state index < -0.39 is 0 Å². The number of hydrogen-bond acceptors (Lipinski definition) is 2. The van der Waals surface area contributed by atoms with E-state index in [-0.39, 0.29) is 17.9 Å². The van der Waals surface area contributed by atoms with E-state index in [9.17, 15) is 9.59 Å². The van der Waals surface area contributed by atoms with Gasteiger partial charge in [-0.3, -0.25) is 14.5 Å². The van der Waals surface area contributed by atoms with Crippen LogP contribution in [0.3, 0.4) is 0 Å². The molecule has 1 unspecified atom stereocenters. The van der Waals surface area contributed by atoms with Gasteiger partial charge in [0.15, 0.2) is 0 Å². The molecule has 0 aromatic rings.